The number of carbonyl (C=O) groups is 3. The van der Waals surface area contributed by atoms with Crippen LogP contribution in [-0.2, 0) is 27.0 Å². The molecule has 3 amide bonds. The van der Waals surface area contributed by atoms with Crippen LogP contribution in [0.2, 0.25) is 0 Å². The average Bonchev–Trinajstić information content (AvgIpc) is 3.28. The molecule has 1 aromatic rings. The van der Waals surface area contributed by atoms with Crippen molar-refractivity contribution < 1.29 is 37.0 Å². The lowest BCUT2D eigenvalue weighted by atomic mass is 9.81. The maximum Gasteiger partial charge on any atom is 0.416 e. The minimum absolute atomic E-state index is 0.0225. The molecule has 1 aromatic carbocycles. The third-order valence-corrected chi connectivity index (χ3v) is 9.47. The van der Waals surface area contributed by atoms with Crippen molar-refractivity contribution in [1.29, 1.82) is 0 Å². The molecular formula is C30H41F3N4O5. The van der Waals surface area contributed by atoms with Crippen LogP contribution in [0.3, 0.4) is 0 Å². The summed E-state index contributed by atoms with van der Waals surface area (Å²) in [4.78, 5) is 43.0. The fraction of sp³-hybridized carbons (Fsp3) is 0.700. The zero-order chi connectivity index (χ0) is 29.9. The van der Waals surface area contributed by atoms with Crippen LogP contribution >= 0.6 is 0 Å². The second-order valence-electron chi connectivity index (χ2n) is 12.4. The number of piperidine rings is 2. The molecule has 12 heteroatoms. The standard InChI is InChI=1S/C30H41F3N4O5/c1-41-27(39)36-14-10-25(11-15-36)34-26(38)23-6-2-22(3-7-23)19-37-20-29(42-28(37)40)12-16-35(17-13-29)18-21-4-8-24(9-5-21)30(31,32)33/h4-5,8-9,22-23,25H,2-3,6-7,10-20H2,1H3,(H,34,38)/t22-,23-. The molecule has 0 radical (unpaired) electrons. The Morgan fingerprint density at radius 2 is 1.64 bits per heavy atom. The molecule has 232 valence electrons. The van der Waals surface area contributed by atoms with Gasteiger partial charge in [0.05, 0.1) is 19.2 Å². The van der Waals surface area contributed by atoms with Gasteiger partial charge >= 0.3 is 18.4 Å². The smallest absolute Gasteiger partial charge is 0.416 e. The average molecular weight is 595 g/mol. The van der Waals surface area contributed by atoms with Crippen LogP contribution < -0.4 is 5.32 Å². The molecule has 1 N–H and O–H groups in total. The van der Waals surface area contributed by atoms with E-state index in [0.29, 0.717) is 64.6 Å². The summed E-state index contributed by atoms with van der Waals surface area (Å²) in [6, 6.07) is 5.37. The molecule has 3 heterocycles. The number of halogens is 3. The monoisotopic (exact) mass is 594 g/mol. The maximum absolute atomic E-state index is 12.9. The summed E-state index contributed by atoms with van der Waals surface area (Å²) in [6.07, 6.45) is 1.26. The first kappa shape index (κ1) is 30.4. The second kappa shape index (κ2) is 12.7. The van der Waals surface area contributed by atoms with E-state index >= 15 is 0 Å². The number of methoxy groups -OCH3 is 1. The minimum Gasteiger partial charge on any atom is -0.453 e. The van der Waals surface area contributed by atoms with E-state index in [1.54, 1.807) is 4.90 Å². The van der Waals surface area contributed by atoms with Crippen molar-refractivity contribution in [1.82, 2.24) is 20.0 Å². The number of hydrogen-bond acceptors (Lipinski definition) is 6. The second-order valence-corrected chi connectivity index (χ2v) is 12.4. The topological polar surface area (TPSA) is 91.4 Å². The van der Waals surface area contributed by atoms with Crippen LogP contribution in [0.1, 0.15) is 62.5 Å². The summed E-state index contributed by atoms with van der Waals surface area (Å²) < 4.78 is 49.2. The first-order chi connectivity index (χ1) is 20.0. The lowest BCUT2D eigenvalue weighted by Gasteiger charge is -2.37. The Morgan fingerprint density at radius 3 is 2.24 bits per heavy atom. The third-order valence-electron chi connectivity index (χ3n) is 9.47. The molecule has 0 bridgehead atoms. The van der Waals surface area contributed by atoms with Crippen molar-refractivity contribution in [3.63, 3.8) is 0 Å². The van der Waals surface area contributed by atoms with Gasteiger partial charge < -0.3 is 24.6 Å². The fourth-order valence-electron chi connectivity index (χ4n) is 6.84. The number of amides is 3. The van der Waals surface area contributed by atoms with Crippen LogP contribution in [0.15, 0.2) is 24.3 Å². The van der Waals surface area contributed by atoms with Gasteiger partial charge in [-0.1, -0.05) is 12.1 Å². The summed E-state index contributed by atoms with van der Waals surface area (Å²) in [5.41, 5.74) is -0.320. The Balaban J connectivity index is 1.02. The zero-order valence-corrected chi connectivity index (χ0v) is 24.2. The van der Waals surface area contributed by atoms with Crippen LogP contribution in [0.4, 0.5) is 22.8 Å². The van der Waals surface area contributed by atoms with Gasteiger partial charge in [0.2, 0.25) is 5.91 Å². The molecule has 42 heavy (non-hydrogen) atoms. The van der Waals surface area contributed by atoms with Crippen LogP contribution in [-0.4, -0.2) is 90.8 Å². The van der Waals surface area contributed by atoms with Gasteiger partial charge in [-0.05, 0) is 62.1 Å². The molecule has 3 saturated heterocycles. The number of benzene rings is 1. The van der Waals surface area contributed by atoms with Gasteiger partial charge in [0.1, 0.15) is 5.60 Å². The Hall–Kier alpha value is -3.02. The number of rotatable bonds is 6. The normalized spacial score (nSPS) is 25.4. The quantitative estimate of drug-likeness (QED) is 0.516. The molecule has 1 spiro atoms. The van der Waals surface area contributed by atoms with E-state index in [9.17, 15) is 27.6 Å². The summed E-state index contributed by atoms with van der Waals surface area (Å²) in [6.45, 7) is 4.34. The zero-order valence-electron chi connectivity index (χ0n) is 24.2. The minimum atomic E-state index is -4.34. The Morgan fingerprint density at radius 1 is 1.00 bits per heavy atom. The molecular weight excluding hydrogens is 553 g/mol. The van der Waals surface area contributed by atoms with Gasteiger partial charge in [-0.2, -0.15) is 13.2 Å². The van der Waals surface area contributed by atoms with Crippen molar-refractivity contribution in [3.8, 4) is 0 Å². The van der Waals surface area contributed by atoms with Gasteiger partial charge in [-0.15, -0.1) is 0 Å². The number of nitrogens with one attached hydrogen (secondary N) is 1. The fourth-order valence-corrected chi connectivity index (χ4v) is 6.84. The maximum atomic E-state index is 12.9. The summed E-state index contributed by atoms with van der Waals surface area (Å²) in [7, 11) is 1.37. The Labute approximate surface area is 244 Å². The molecule has 5 rings (SSSR count). The largest absolute Gasteiger partial charge is 0.453 e. The number of alkyl halides is 3. The summed E-state index contributed by atoms with van der Waals surface area (Å²) in [5, 5.41) is 3.18. The molecule has 3 aliphatic heterocycles. The predicted octanol–water partition coefficient (Wildman–Crippen LogP) is 4.65. The molecule has 4 fully saturated rings. The number of carbonyl (C=O) groups excluding carboxylic acids is 3. The van der Waals surface area contributed by atoms with Crippen LogP contribution in [0, 0.1) is 11.8 Å². The lowest BCUT2D eigenvalue weighted by molar-refractivity contribution is -0.137. The third kappa shape index (κ3) is 7.30. The van der Waals surface area contributed by atoms with Gasteiger partial charge in [0.25, 0.3) is 0 Å². The SMILES string of the molecule is COC(=O)N1CCC(NC(=O)[C@H]2CC[C@H](CN3CC4(CCN(Cc5ccc(C(F)(F)F)cc5)CC4)OC3=O)CC2)CC1. The van der Waals surface area contributed by atoms with Crippen LogP contribution in [0.25, 0.3) is 0 Å². The highest BCUT2D eigenvalue weighted by Crippen LogP contribution is 2.37. The first-order valence-electron chi connectivity index (χ1n) is 15.0. The highest BCUT2D eigenvalue weighted by molar-refractivity contribution is 5.79. The number of likely N-dealkylation sites (tertiary alicyclic amines) is 2. The Bertz CT molecular complexity index is 1110. The van der Waals surface area contributed by atoms with Crippen molar-refractivity contribution in [3.05, 3.63) is 35.4 Å². The van der Waals surface area contributed by atoms with Crippen LogP contribution in [0.5, 0.6) is 0 Å². The lowest BCUT2D eigenvalue weighted by Crippen LogP contribution is -2.48. The molecule has 1 saturated carbocycles. The van der Waals surface area contributed by atoms with Crippen molar-refractivity contribution in [2.24, 2.45) is 11.8 Å². The van der Waals surface area contributed by atoms with Gasteiger partial charge in [0, 0.05) is 64.1 Å². The molecule has 0 aromatic heterocycles. The molecule has 9 nitrogen and oxygen atoms in total. The van der Waals surface area contributed by atoms with E-state index in [1.165, 1.54) is 19.2 Å². The number of ether oxygens (including phenoxy) is 2. The van der Waals surface area contributed by atoms with Gasteiger partial charge in [-0.25, -0.2) is 9.59 Å². The molecule has 0 atom stereocenters. The first-order valence-corrected chi connectivity index (χ1v) is 15.0. The number of hydrogen-bond donors (Lipinski definition) is 1. The predicted molar refractivity (Wildman–Crippen MR) is 147 cm³/mol. The van der Waals surface area contributed by atoms with Gasteiger partial charge in [-0.3, -0.25) is 9.69 Å². The molecule has 0 unspecified atom stereocenters. The highest BCUT2D eigenvalue weighted by Gasteiger charge is 2.47. The molecule has 4 aliphatic rings. The Kier molecular flexibility index (Phi) is 9.20. The number of nitrogens with zero attached hydrogens (tertiary/aromatic N) is 3. The van der Waals surface area contributed by atoms with E-state index < -0.39 is 17.3 Å². The molecule has 1 aliphatic carbocycles. The van der Waals surface area contributed by atoms with Crippen molar-refractivity contribution in [2.45, 2.75) is 75.7 Å². The van der Waals surface area contributed by atoms with Gasteiger partial charge in [0.15, 0.2) is 0 Å². The summed E-state index contributed by atoms with van der Waals surface area (Å²) in [5.74, 6) is 0.401. The van der Waals surface area contributed by atoms with E-state index in [0.717, 1.165) is 56.2 Å². The van der Waals surface area contributed by atoms with Crippen molar-refractivity contribution >= 4 is 18.1 Å². The van der Waals surface area contributed by atoms with E-state index in [4.69, 9.17) is 9.47 Å². The highest BCUT2D eigenvalue weighted by atomic mass is 19.4. The van der Waals surface area contributed by atoms with E-state index in [-0.39, 0.29) is 30.1 Å². The van der Waals surface area contributed by atoms with E-state index in [1.807, 2.05) is 4.90 Å². The van der Waals surface area contributed by atoms with E-state index in [2.05, 4.69) is 10.2 Å². The summed E-state index contributed by atoms with van der Waals surface area (Å²) >= 11 is 0. The van der Waals surface area contributed by atoms with Crippen molar-refractivity contribution in [2.75, 3.05) is 46.4 Å².